The number of benzene rings is 1. The van der Waals surface area contributed by atoms with Crippen LogP contribution >= 0.6 is 0 Å². The van der Waals surface area contributed by atoms with E-state index in [4.69, 9.17) is 14.3 Å². The summed E-state index contributed by atoms with van der Waals surface area (Å²) >= 11 is 0. The predicted octanol–water partition coefficient (Wildman–Crippen LogP) is -0.220. The molecule has 3 N–H and O–H groups in total. The molecule has 0 spiro atoms. The van der Waals surface area contributed by atoms with Crippen LogP contribution in [0.15, 0.2) is 35.2 Å². The Morgan fingerprint density at radius 3 is 1.93 bits per heavy atom. The van der Waals surface area contributed by atoms with E-state index in [1.807, 2.05) is 37.5 Å². The number of esters is 2. The van der Waals surface area contributed by atoms with Crippen LogP contribution in [0.25, 0.3) is 0 Å². The molecule has 2 fully saturated rings. The molecule has 0 radical (unpaired) electrons. The predicted molar refractivity (Wildman–Crippen MR) is 152 cm³/mol. The van der Waals surface area contributed by atoms with E-state index in [0.29, 0.717) is 26.2 Å². The first kappa shape index (κ1) is 35.9. The molecule has 15 nitrogen and oxygen atoms in total. The van der Waals surface area contributed by atoms with Gasteiger partial charge in [0.2, 0.25) is 0 Å². The molecule has 2 bridgehead atoms. The number of hydroxylamine groups is 2. The number of likely N-dealkylation sites (N-methyl/N-ethyl adjacent to an activating group) is 2. The SMILES string of the molecule is CCN(CC)CCN1OC(=O)CC2(O)CC(=O)OC(CS(=O)(=O)c3ccccc3)(OC2=O)N(CCN(CC)CC)C1=O.O. The highest BCUT2D eigenvalue weighted by molar-refractivity contribution is 7.91. The van der Waals surface area contributed by atoms with Crippen molar-refractivity contribution in [2.24, 2.45) is 0 Å². The van der Waals surface area contributed by atoms with Gasteiger partial charge in [0, 0.05) is 19.6 Å². The second kappa shape index (κ2) is 14.9. The first-order chi connectivity index (χ1) is 19.8. The summed E-state index contributed by atoms with van der Waals surface area (Å²) in [6, 6.07) is 6.14. The van der Waals surface area contributed by atoms with E-state index < -0.39 is 63.9 Å². The summed E-state index contributed by atoms with van der Waals surface area (Å²) in [6.07, 6.45) is -2.05. The smallest absolute Gasteiger partial charge is 0.361 e. The summed E-state index contributed by atoms with van der Waals surface area (Å²) in [4.78, 5) is 63.4. The van der Waals surface area contributed by atoms with Gasteiger partial charge < -0.3 is 34.7 Å². The Morgan fingerprint density at radius 1 is 0.837 bits per heavy atom. The number of sulfone groups is 1. The van der Waals surface area contributed by atoms with E-state index in [0.717, 1.165) is 9.96 Å². The number of carbonyl (C=O) groups is 4. The molecular weight excluding hydrogens is 588 g/mol. The molecule has 242 valence electrons. The van der Waals surface area contributed by atoms with Crippen molar-refractivity contribution in [3.8, 4) is 0 Å². The van der Waals surface area contributed by atoms with E-state index >= 15 is 0 Å². The Balaban J connectivity index is 0.00000645. The molecule has 2 aliphatic rings. The van der Waals surface area contributed by atoms with Crippen LogP contribution in [-0.2, 0) is 38.5 Å². The average Bonchev–Trinajstić information content (AvgIpc) is 3.03. The van der Waals surface area contributed by atoms with Crippen molar-refractivity contribution in [1.82, 2.24) is 19.8 Å². The highest BCUT2D eigenvalue weighted by atomic mass is 32.2. The highest BCUT2D eigenvalue weighted by Crippen LogP contribution is 2.35. The Bertz CT molecular complexity index is 1240. The summed E-state index contributed by atoms with van der Waals surface area (Å²) in [5.74, 6) is -7.89. The molecule has 1 aromatic carbocycles. The highest BCUT2D eigenvalue weighted by Gasteiger charge is 2.60. The van der Waals surface area contributed by atoms with Crippen molar-refractivity contribution in [1.29, 1.82) is 0 Å². The molecule has 16 heteroatoms. The summed E-state index contributed by atoms with van der Waals surface area (Å²) in [5.41, 5.74) is -2.72. The third-order valence-electron chi connectivity index (χ3n) is 7.37. The molecule has 2 heterocycles. The fourth-order valence-electron chi connectivity index (χ4n) is 4.79. The molecule has 2 atom stereocenters. The molecule has 2 unspecified atom stereocenters. The van der Waals surface area contributed by atoms with E-state index in [9.17, 15) is 32.7 Å². The van der Waals surface area contributed by atoms with Gasteiger partial charge in [-0.3, -0.25) is 4.79 Å². The van der Waals surface area contributed by atoms with Crippen LogP contribution in [0, 0.1) is 0 Å². The normalized spacial score (nSPS) is 23.0. The zero-order valence-electron chi connectivity index (χ0n) is 25.0. The number of ether oxygens (including phenoxy) is 2. The lowest BCUT2D eigenvalue weighted by Gasteiger charge is -2.43. The van der Waals surface area contributed by atoms with E-state index in [2.05, 4.69) is 0 Å². The topological polar surface area (TPSA) is 195 Å². The van der Waals surface area contributed by atoms with Gasteiger partial charge in [-0.2, -0.15) is 5.06 Å². The maximum Gasteiger partial charge on any atom is 0.361 e. The standard InChI is InChI=1S/C27H40N4O10S.H2O/c1-5-28(6-2)14-16-30-25(35)31(17-15-29(7-3)8-4)41-23(33)19-26(36)18-22(32)39-27(30,40-24(26)34)20-42(37,38)21-12-10-9-11-13-21;/h9-13,36H,5-8,14-20H2,1-4H3;1H2. The van der Waals surface area contributed by atoms with Crippen LogP contribution < -0.4 is 0 Å². The third kappa shape index (κ3) is 8.41. The third-order valence-corrected chi connectivity index (χ3v) is 9.10. The van der Waals surface area contributed by atoms with Gasteiger partial charge in [0.25, 0.3) is 0 Å². The van der Waals surface area contributed by atoms with Gasteiger partial charge in [0.05, 0.1) is 24.3 Å². The quantitative estimate of drug-likeness (QED) is 0.282. The van der Waals surface area contributed by atoms with Gasteiger partial charge in [0.1, 0.15) is 0 Å². The maximum atomic E-state index is 14.2. The molecule has 2 saturated heterocycles. The average molecular weight is 631 g/mol. The number of urea groups is 1. The Morgan fingerprint density at radius 2 is 1.37 bits per heavy atom. The molecule has 43 heavy (non-hydrogen) atoms. The van der Waals surface area contributed by atoms with Gasteiger partial charge >= 0.3 is 29.9 Å². The molecule has 3 rings (SSSR count). The molecular formula is C27H42N4O11S. The van der Waals surface area contributed by atoms with E-state index in [1.165, 1.54) is 24.3 Å². The number of hydrogen-bond donors (Lipinski definition) is 1. The molecule has 2 aliphatic heterocycles. The number of fused-ring (bicyclic) bond motifs is 3. The van der Waals surface area contributed by atoms with Gasteiger partial charge in [-0.15, -0.1) is 0 Å². The van der Waals surface area contributed by atoms with Gasteiger partial charge in [-0.05, 0) is 38.3 Å². The van der Waals surface area contributed by atoms with Crippen LogP contribution in [0.4, 0.5) is 4.79 Å². The lowest BCUT2D eigenvalue weighted by molar-refractivity contribution is -0.271. The first-order valence-corrected chi connectivity index (χ1v) is 15.7. The van der Waals surface area contributed by atoms with Crippen LogP contribution in [-0.4, -0.2) is 132 Å². The lowest BCUT2D eigenvalue weighted by Crippen LogP contribution is -2.65. The molecule has 0 aliphatic carbocycles. The fraction of sp³-hybridized carbons (Fsp3) is 0.630. The molecule has 0 aromatic heterocycles. The molecule has 2 amide bonds. The van der Waals surface area contributed by atoms with Crippen LogP contribution in [0.1, 0.15) is 40.5 Å². The van der Waals surface area contributed by atoms with E-state index in [1.54, 1.807) is 6.07 Å². The molecule has 0 saturated carbocycles. The Hall–Kier alpha value is -3.31. The number of rotatable bonds is 13. The van der Waals surface area contributed by atoms with Crippen LogP contribution in [0.5, 0.6) is 0 Å². The second-order valence-corrected chi connectivity index (χ2v) is 12.1. The minimum atomic E-state index is -4.38. The number of amides is 2. The van der Waals surface area contributed by atoms with Gasteiger partial charge in [-0.1, -0.05) is 45.9 Å². The zero-order valence-corrected chi connectivity index (χ0v) is 25.8. The van der Waals surface area contributed by atoms with Crippen molar-refractivity contribution in [2.45, 2.75) is 56.9 Å². The Kier molecular flexibility index (Phi) is 12.5. The van der Waals surface area contributed by atoms with Crippen LogP contribution in [0.3, 0.4) is 0 Å². The van der Waals surface area contributed by atoms with Gasteiger partial charge in [0.15, 0.2) is 21.2 Å². The summed E-state index contributed by atoms with van der Waals surface area (Å²) in [7, 11) is -4.38. The number of carbonyl (C=O) groups excluding carboxylic acids is 4. The second-order valence-electron chi connectivity index (χ2n) is 10.1. The Labute approximate surface area is 251 Å². The zero-order chi connectivity index (χ0) is 31.1. The van der Waals surface area contributed by atoms with Crippen molar-refractivity contribution < 1.29 is 52.5 Å². The summed E-state index contributed by atoms with van der Waals surface area (Å²) < 4.78 is 38.4. The van der Waals surface area contributed by atoms with Crippen molar-refractivity contribution in [2.75, 3.05) is 58.1 Å². The summed E-state index contributed by atoms with van der Waals surface area (Å²) in [6.45, 7) is 9.98. The molecule has 1 aromatic rings. The first-order valence-electron chi connectivity index (χ1n) is 14.0. The van der Waals surface area contributed by atoms with E-state index in [-0.39, 0.29) is 36.6 Å². The minimum Gasteiger partial charge on any atom is -0.412 e. The van der Waals surface area contributed by atoms with Crippen molar-refractivity contribution in [3.63, 3.8) is 0 Å². The number of aliphatic hydroxyl groups is 1. The number of hydrogen-bond acceptors (Lipinski definition) is 12. The van der Waals surface area contributed by atoms with Crippen molar-refractivity contribution in [3.05, 3.63) is 30.3 Å². The minimum absolute atomic E-state index is 0. The summed E-state index contributed by atoms with van der Waals surface area (Å²) in [5, 5.41) is 11.8. The maximum absolute atomic E-state index is 14.2. The fourth-order valence-corrected chi connectivity index (χ4v) is 6.28. The van der Waals surface area contributed by atoms with Crippen LogP contribution in [0.2, 0.25) is 0 Å². The lowest BCUT2D eigenvalue weighted by atomic mass is 9.96. The number of nitrogens with zero attached hydrogens (tertiary/aromatic N) is 4. The largest absolute Gasteiger partial charge is 0.412 e. The monoisotopic (exact) mass is 630 g/mol. The van der Waals surface area contributed by atoms with Gasteiger partial charge in [-0.25, -0.2) is 27.7 Å². The van der Waals surface area contributed by atoms with Crippen molar-refractivity contribution >= 4 is 33.8 Å².